The molecule has 0 fully saturated rings. The molecular weight excluding hydrogens is 475 g/mol. The molecule has 2 aromatic carbocycles. The quantitative estimate of drug-likeness (QED) is 0.192. The Morgan fingerprint density at radius 1 is 1.21 bits per heavy atom. The van der Waals surface area contributed by atoms with Gasteiger partial charge in [-0.2, -0.15) is 5.10 Å². The summed E-state index contributed by atoms with van der Waals surface area (Å²) in [5.74, 6) is -1.47. The number of amides is 1. The number of carbonyl (C=O) groups excluding carboxylic acids is 2. The van der Waals surface area contributed by atoms with Crippen molar-refractivity contribution >= 4 is 58.6 Å². The number of furan rings is 1. The van der Waals surface area contributed by atoms with Crippen LogP contribution < -0.4 is 10.7 Å². The lowest BCUT2D eigenvalue weighted by atomic mass is 10.2. The second-order valence-corrected chi connectivity index (χ2v) is 7.16. The predicted octanol–water partition coefficient (Wildman–Crippen LogP) is 5.18. The maximum atomic E-state index is 12.4. The van der Waals surface area contributed by atoms with Crippen molar-refractivity contribution < 1.29 is 23.7 Å². The molecule has 3 rings (SSSR count). The van der Waals surface area contributed by atoms with E-state index in [2.05, 4.69) is 15.8 Å². The molecule has 170 valence electrons. The first-order chi connectivity index (χ1) is 15.8. The molecular formula is C21H16Cl2N4O6. The molecule has 0 saturated heterocycles. The number of halogens is 2. The van der Waals surface area contributed by atoms with Gasteiger partial charge in [-0.05, 0) is 31.2 Å². The number of nitro groups is 1. The van der Waals surface area contributed by atoms with E-state index in [0.717, 1.165) is 12.3 Å². The Kier molecular flexibility index (Phi) is 7.65. The summed E-state index contributed by atoms with van der Waals surface area (Å²) in [7, 11) is 0. The van der Waals surface area contributed by atoms with E-state index in [0.29, 0.717) is 10.7 Å². The summed E-state index contributed by atoms with van der Waals surface area (Å²) < 4.78 is 10.7. The molecule has 0 radical (unpaired) electrons. The van der Waals surface area contributed by atoms with Crippen molar-refractivity contribution in [3.8, 4) is 0 Å². The highest BCUT2D eigenvalue weighted by molar-refractivity contribution is 6.36. The molecule has 10 nitrogen and oxygen atoms in total. The third-order valence-corrected chi connectivity index (χ3v) is 4.71. The molecule has 0 spiro atoms. The molecule has 0 aliphatic carbocycles. The van der Waals surface area contributed by atoms with Gasteiger partial charge in [-0.1, -0.05) is 35.3 Å². The zero-order chi connectivity index (χ0) is 24.0. The average molecular weight is 491 g/mol. The van der Waals surface area contributed by atoms with Crippen LogP contribution in [0.1, 0.15) is 33.4 Å². The molecule has 1 heterocycles. The SMILES string of the molecule is CCOC(=O)c1c(Nc2cccc(Cl)c2)oc(/C=N\NC(=O)c2cccc([N+](=O)[O-])c2)c1Cl. The minimum atomic E-state index is -0.726. The lowest BCUT2D eigenvalue weighted by molar-refractivity contribution is -0.384. The van der Waals surface area contributed by atoms with Gasteiger partial charge in [0.05, 0.1) is 17.7 Å². The van der Waals surface area contributed by atoms with Gasteiger partial charge in [-0.25, -0.2) is 10.2 Å². The number of nitrogens with zero attached hydrogens (tertiary/aromatic N) is 2. The molecule has 0 atom stereocenters. The zero-order valence-corrected chi connectivity index (χ0v) is 18.5. The molecule has 0 unspecified atom stereocenters. The summed E-state index contributed by atoms with van der Waals surface area (Å²) in [5.41, 5.74) is 2.47. The van der Waals surface area contributed by atoms with Crippen molar-refractivity contribution in [2.75, 3.05) is 11.9 Å². The van der Waals surface area contributed by atoms with Crippen molar-refractivity contribution in [3.63, 3.8) is 0 Å². The number of hydrogen-bond acceptors (Lipinski definition) is 8. The second kappa shape index (κ2) is 10.6. The van der Waals surface area contributed by atoms with Gasteiger partial charge < -0.3 is 14.5 Å². The van der Waals surface area contributed by atoms with Gasteiger partial charge in [0.25, 0.3) is 11.6 Å². The first-order valence-electron chi connectivity index (χ1n) is 9.40. The number of hydrogen-bond donors (Lipinski definition) is 2. The van der Waals surface area contributed by atoms with Gasteiger partial charge >= 0.3 is 5.97 Å². The highest BCUT2D eigenvalue weighted by Crippen LogP contribution is 2.34. The third kappa shape index (κ3) is 5.88. The Bertz CT molecular complexity index is 1240. The number of benzene rings is 2. The zero-order valence-electron chi connectivity index (χ0n) is 17.0. The highest BCUT2D eigenvalue weighted by atomic mass is 35.5. The fraction of sp³-hybridized carbons (Fsp3) is 0.0952. The van der Waals surface area contributed by atoms with Gasteiger partial charge in [0.15, 0.2) is 5.76 Å². The number of ether oxygens (including phenoxy) is 1. The topological polar surface area (TPSA) is 136 Å². The van der Waals surface area contributed by atoms with Crippen LogP contribution in [0.5, 0.6) is 0 Å². The number of esters is 1. The molecule has 1 aromatic heterocycles. The van der Waals surface area contributed by atoms with E-state index in [4.69, 9.17) is 32.4 Å². The van der Waals surface area contributed by atoms with Gasteiger partial charge in [-0.15, -0.1) is 0 Å². The van der Waals surface area contributed by atoms with Crippen LogP contribution in [0.2, 0.25) is 10.0 Å². The van der Waals surface area contributed by atoms with E-state index in [-0.39, 0.29) is 40.1 Å². The fourth-order valence-electron chi connectivity index (χ4n) is 2.66. The first kappa shape index (κ1) is 23.8. The normalized spacial score (nSPS) is 10.8. The van der Waals surface area contributed by atoms with E-state index in [1.807, 2.05) is 0 Å². The number of nitro benzene ring substituents is 1. The fourth-order valence-corrected chi connectivity index (χ4v) is 3.10. The number of anilines is 2. The van der Waals surface area contributed by atoms with Gasteiger partial charge in [-0.3, -0.25) is 14.9 Å². The molecule has 0 aliphatic heterocycles. The number of rotatable bonds is 8. The van der Waals surface area contributed by atoms with E-state index >= 15 is 0 Å². The lowest BCUT2D eigenvalue weighted by Gasteiger charge is -2.06. The van der Waals surface area contributed by atoms with Crippen molar-refractivity contribution in [1.29, 1.82) is 0 Å². The summed E-state index contributed by atoms with van der Waals surface area (Å²) in [6.45, 7) is 1.75. The molecule has 0 saturated carbocycles. The third-order valence-electron chi connectivity index (χ3n) is 4.10. The first-order valence-corrected chi connectivity index (χ1v) is 10.2. The Morgan fingerprint density at radius 3 is 2.67 bits per heavy atom. The van der Waals surface area contributed by atoms with Crippen molar-refractivity contribution in [2.45, 2.75) is 6.92 Å². The summed E-state index contributed by atoms with van der Waals surface area (Å²) >= 11 is 12.3. The van der Waals surface area contributed by atoms with Gasteiger partial charge in [0.2, 0.25) is 5.88 Å². The molecule has 0 aliphatic rings. The molecule has 12 heteroatoms. The minimum Gasteiger partial charge on any atom is -0.462 e. The van der Waals surface area contributed by atoms with Crippen molar-refractivity contribution in [2.24, 2.45) is 5.10 Å². The molecule has 1 amide bonds. The Morgan fingerprint density at radius 2 is 1.97 bits per heavy atom. The number of nitrogens with one attached hydrogen (secondary N) is 2. The Labute approximate surface area is 197 Å². The van der Waals surface area contributed by atoms with Crippen molar-refractivity contribution in [1.82, 2.24) is 5.43 Å². The van der Waals surface area contributed by atoms with Gasteiger partial charge in [0, 0.05) is 28.4 Å². The van der Waals surface area contributed by atoms with E-state index in [9.17, 15) is 19.7 Å². The van der Waals surface area contributed by atoms with Crippen LogP contribution >= 0.6 is 23.2 Å². The number of non-ortho nitro benzene ring substituents is 1. The maximum absolute atomic E-state index is 12.4. The predicted molar refractivity (Wildman–Crippen MR) is 123 cm³/mol. The average Bonchev–Trinajstić information content (AvgIpc) is 3.08. The second-order valence-electron chi connectivity index (χ2n) is 6.35. The number of hydrazone groups is 1. The van der Waals surface area contributed by atoms with E-state index < -0.39 is 16.8 Å². The minimum absolute atomic E-state index is 0.00724. The molecule has 33 heavy (non-hydrogen) atoms. The molecule has 0 bridgehead atoms. The van der Waals surface area contributed by atoms with Crippen LogP contribution in [0.15, 0.2) is 58.0 Å². The molecule has 3 aromatic rings. The van der Waals surface area contributed by atoms with Crippen molar-refractivity contribution in [3.05, 3.63) is 85.6 Å². The monoisotopic (exact) mass is 490 g/mol. The standard InChI is InChI=1S/C21H16Cl2N4O6/c1-2-32-21(29)17-18(23)16(33-20(17)25-14-7-4-6-13(22)10-14)11-24-26-19(28)12-5-3-8-15(9-12)27(30)31/h3-11,25H,2H2,1H3,(H,26,28)/b24-11-. The van der Waals surface area contributed by atoms with E-state index in [1.165, 1.54) is 18.2 Å². The largest absolute Gasteiger partial charge is 0.462 e. The van der Waals surface area contributed by atoms with Gasteiger partial charge in [0.1, 0.15) is 10.6 Å². The molecule has 2 N–H and O–H groups in total. The Balaban J connectivity index is 1.84. The van der Waals surface area contributed by atoms with Crippen LogP contribution in [-0.4, -0.2) is 29.6 Å². The Hall–Kier alpha value is -3.89. The van der Waals surface area contributed by atoms with Crippen LogP contribution in [0, 0.1) is 10.1 Å². The summed E-state index contributed by atoms with van der Waals surface area (Å²) in [6.07, 6.45) is 1.09. The smallest absolute Gasteiger partial charge is 0.345 e. The highest BCUT2D eigenvalue weighted by Gasteiger charge is 2.25. The number of carbonyl (C=O) groups is 2. The van der Waals surface area contributed by atoms with E-state index in [1.54, 1.807) is 31.2 Å². The summed E-state index contributed by atoms with van der Waals surface area (Å²) in [4.78, 5) is 34.9. The summed E-state index contributed by atoms with van der Waals surface area (Å²) in [5, 5.41) is 17.9. The lowest BCUT2D eigenvalue weighted by Crippen LogP contribution is -2.17. The van der Waals surface area contributed by atoms with Crippen LogP contribution in [0.3, 0.4) is 0 Å². The van der Waals surface area contributed by atoms with Crippen LogP contribution in [-0.2, 0) is 4.74 Å². The van der Waals surface area contributed by atoms with Crippen LogP contribution in [0.25, 0.3) is 0 Å². The maximum Gasteiger partial charge on any atom is 0.345 e. The summed E-state index contributed by atoms with van der Waals surface area (Å²) in [6, 6.07) is 11.8. The van der Waals surface area contributed by atoms with Crippen LogP contribution in [0.4, 0.5) is 17.3 Å².